The van der Waals surface area contributed by atoms with E-state index >= 15 is 0 Å². The molecule has 5 nitrogen and oxygen atoms in total. The molecule has 0 aromatic carbocycles. The van der Waals surface area contributed by atoms with Gasteiger partial charge in [0.2, 0.25) is 0 Å². The van der Waals surface area contributed by atoms with E-state index in [9.17, 15) is 8.42 Å². The van der Waals surface area contributed by atoms with E-state index in [1.807, 2.05) is 12.1 Å². The predicted octanol–water partition coefficient (Wildman–Crippen LogP) is 2.02. The highest BCUT2D eigenvalue weighted by Gasteiger charge is 2.39. The predicted molar refractivity (Wildman–Crippen MR) is 71.6 cm³/mol. The summed E-state index contributed by atoms with van der Waals surface area (Å²) in [5.41, 5.74) is 1.65. The van der Waals surface area contributed by atoms with Gasteiger partial charge in [0.25, 0.3) is 0 Å². The minimum Gasteiger partial charge on any atom is -0.308 e. The molecule has 6 heteroatoms. The zero-order valence-electron chi connectivity index (χ0n) is 10.5. The molecule has 0 bridgehead atoms. The maximum Gasteiger partial charge on any atom is 0.160 e. The SMILES string of the molecule is O=S1(=O)CCCC1c1nc2cccnc2n1C1CC1. The van der Waals surface area contributed by atoms with Crippen molar-refractivity contribution in [1.82, 2.24) is 14.5 Å². The van der Waals surface area contributed by atoms with Crippen LogP contribution in [0.5, 0.6) is 0 Å². The molecule has 4 rings (SSSR count). The molecule has 2 aliphatic rings. The number of fused-ring (bicyclic) bond motifs is 1. The summed E-state index contributed by atoms with van der Waals surface area (Å²) in [5, 5.41) is -0.428. The van der Waals surface area contributed by atoms with Crippen LogP contribution in [0.4, 0.5) is 0 Å². The molecule has 2 aromatic rings. The normalized spacial score (nSPS) is 26.0. The summed E-state index contributed by atoms with van der Waals surface area (Å²) in [4.78, 5) is 8.96. The molecule has 3 heterocycles. The molecule has 19 heavy (non-hydrogen) atoms. The molecule has 0 N–H and O–H groups in total. The van der Waals surface area contributed by atoms with Gasteiger partial charge in [-0.2, -0.15) is 0 Å². The number of sulfone groups is 1. The van der Waals surface area contributed by atoms with Gasteiger partial charge >= 0.3 is 0 Å². The highest BCUT2D eigenvalue weighted by molar-refractivity contribution is 7.91. The average molecular weight is 277 g/mol. The molecular weight excluding hydrogens is 262 g/mol. The molecule has 100 valence electrons. The summed E-state index contributed by atoms with van der Waals surface area (Å²) in [5.74, 6) is 1.01. The van der Waals surface area contributed by atoms with Gasteiger partial charge in [0.1, 0.15) is 16.6 Å². The number of nitrogens with zero attached hydrogens (tertiary/aromatic N) is 3. The first-order valence-electron chi connectivity index (χ1n) is 6.71. The van der Waals surface area contributed by atoms with E-state index in [-0.39, 0.29) is 0 Å². The fourth-order valence-corrected chi connectivity index (χ4v) is 4.82. The summed E-state index contributed by atoms with van der Waals surface area (Å²) < 4.78 is 26.4. The Hall–Kier alpha value is -1.43. The summed E-state index contributed by atoms with van der Waals surface area (Å²) in [7, 11) is -3.03. The molecule has 1 saturated heterocycles. The lowest BCUT2D eigenvalue weighted by Crippen LogP contribution is -2.14. The van der Waals surface area contributed by atoms with Crippen LogP contribution in [0.25, 0.3) is 11.2 Å². The number of hydrogen-bond donors (Lipinski definition) is 0. The number of pyridine rings is 1. The third-order valence-corrected chi connectivity index (χ3v) is 6.18. The van der Waals surface area contributed by atoms with E-state index in [1.54, 1.807) is 6.20 Å². The van der Waals surface area contributed by atoms with Crippen LogP contribution in [0.15, 0.2) is 18.3 Å². The third kappa shape index (κ3) is 1.69. The molecule has 2 aromatic heterocycles. The van der Waals surface area contributed by atoms with Gasteiger partial charge in [-0.3, -0.25) is 0 Å². The minimum absolute atomic E-state index is 0.291. The third-order valence-electron chi connectivity index (χ3n) is 4.00. The quantitative estimate of drug-likeness (QED) is 0.842. The lowest BCUT2D eigenvalue weighted by Gasteiger charge is -2.12. The highest BCUT2D eigenvalue weighted by Crippen LogP contribution is 2.43. The largest absolute Gasteiger partial charge is 0.308 e. The molecule has 1 unspecified atom stereocenters. The smallest absolute Gasteiger partial charge is 0.160 e. The molecule has 0 radical (unpaired) electrons. The Morgan fingerprint density at radius 2 is 2.11 bits per heavy atom. The van der Waals surface area contributed by atoms with Gasteiger partial charge < -0.3 is 4.57 Å². The molecule has 1 aliphatic carbocycles. The van der Waals surface area contributed by atoms with Gasteiger partial charge in [-0.15, -0.1) is 0 Å². The van der Waals surface area contributed by atoms with Gasteiger partial charge in [0, 0.05) is 12.2 Å². The molecule has 1 saturated carbocycles. The Morgan fingerprint density at radius 3 is 2.79 bits per heavy atom. The maximum absolute atomic E-state index is 12.2. The zero-order chi connectivity index (χ0) is 13.0. The number of rotatable bonds is 2. The Bertz CT molecular complexity index is 746. The first-order chi connectivity index (χ1) is 9.17. The van der Waals surface area contributed by atoms with Crippen molar-refractivity contribution in [3.63, 3.8) is 0 Å². The van der Waals surface area contributed by atoms with Crippen LogP contribution < -0.4 is 0 Å². The molecule has 0 spiro atoms. The Kier molecular flexibility index (Phi) is 2.27. The van der Waals surface area contributed by atoms with Crippen molar-refractivity contribution in [3.8, 4) is 0 Å². The minimum atomic E-state index is -3.03. The number of aromatic nitrogens is 3. The van der Waals surface area contributed by atoms with Crippen molar-refractivity contribution < 1.29 is 8.42 Å². The number of hydrogen-bond acceptors (Lipinski definition) is 4. The standard InChI is InChI=1S/C13H15N3O2S/c17-19(18)8-2-4-11(19)13-15-10-3-1-7-14-12(10)16(13)9-5-6-9/h1,3,7,9,11H,2,4-6,8H2. The van der Waals surface area contributed by atoms with Crippen LogP contribution in [0, 0.1) is 0 Å². The van der Waals surface area contributed by atoms with E-state index in [0.717, 1.165) is 30.4 Å². The van der Waals surface area contributed by atoms with Crippen LogP contribution in [0.3, 0.4) is 0 Å². The topological polar surface area (TPSA) is 64.8 Å². The molecule has 0 amide bonds. The Labute approximate surface area is 111 Å². The van der Waals surface area contributed by atoms with Crippen LogP contribution >= 0.6 is 0 Å². The fraction of sp³-hybridized carbons (Fsp3) is 0.538. The van der Waals surface area contributed by atoms with Crippen LogP contribution in [-0.2, 0) is 9.84 Å². The zero-order valence-corrected chi connectivity index (χ0v) is 11.3. The van der Waals surface area contributed by atoms with Gasteiger partial charge in [-0.05, 0) is 37.8 Å². The molecular formula is C13H15N3O2S. The van der Waals surface area contributed by atoms with Gasteiger partial charge in [0.15, 0.2) is 15.5 Å². The van der Waals surface area contributed by atoms with Crippen molar-refractivity contribution in [3.05, 3.63) is 24.2 Å². The average Bonchev–Trinajstić information content (AvgIpc) is 3.05. The lowest BCUT2D eigenvalue weighted by molar-refractivity contribution is 0.581. The van der Waals surface area contributed by atoms with E-state index in [0.29, 0.717) is 24.0 Å². The van der Waals surface area contributed by atoms with Crippen molar-refractivity contribution in [1.29, 1.82) is 0 Å². The van der Waals surface area contributed by atoms with E-state index in [1.165, 1.54) is 0 Å². The van der Waals surface area contributed by atoms with Crippen molar-refractivity contribution >= 4 is 21.0 Å². The summed E-state index contributed by atoms with van der Waals surface area (Å²) in [6, 6.07) is 4.15. The fourth-order valence-electron chi connectivity index (χ4n) is 2.95. The van der Waals surface area contributed by atoms with Crippen molar-refractivity contribution in [2.24, 2.45) is 0 Å². The molecule has 2 fully saturated rings. The summed E-state index contributed by atoms with van der Waals surface area (Å²) in [6.07, 6.45) is 5.38. The van der Waals surface area contributed by atoms with Crippen LogP contribution in [0.2, 0.25) is 0 Å². The second-order valence-corrected chi connectivity index (χ2v) is 7.72. The van der Waals surface area contributed by atoms with Gasteiger partial charge in [-0.1, -0.05) is 0 Å². The van der Waals surface area contributed by atoms with E-state index < -0.39 is 15.1 Å². The lowest BCUT2D eigenvalue weighted by atomic mass is 10.2. The number of imidazole rings is 1. The second-order valence-electron chi connectivity index (χ2n) is 5.42. The summed E-state index contributed by atoms with van der Waals surface area (Å²) >= 11 is 0. The van der Waals surface area contributed by atoms with Crippen LogP contribution in [0.1, 0.15) is 42.8 Å². The molecule has 1 aliphatic heterocycles. The molecule has 1 atom stereocenters. The van der Waals surface area contributed by atoms with E-state index in [2.05, 4.69) is 14.5 Å². The van der Waals surface area contributed by atoms with Crippen LogP contribution in [-0.4, -0.2) is 28.7 Å². The first-order valence-corrected chi connectivity index (χ1v) is 8.43. The highest BCUT2D eigenvalue weighted by atomic mass is 32.2. The summed E-state index contributed by atoms with van der Waals surface area (Å²) in [6.45, 7) is 0. The van der Waals surface area contributed by atoms with E-state index in [4.69, 9.17) is 0 Å². The van der Waals surface area contributed by atoms with Gasteiger partial charge in [-0.25, -0.2) is 18.4 Å². The Balaban J connectivity index is 1.96. The second kappa shape index (κ2) is 3.79. The first kappa shape index (κ1) is 11.4. The maximum atomic E-state index is 12.2. The van der Waals surface area contributed by atoms with Crippen molar-refractivity contribution in [2.75, 3.05) is 5.75 Å². The Morgan fingerprint density at radius 1 is 1.26 bits per heavy atom. The monoisotopic (exact) mass is 277 g/mol. The van der Waals surface area contributed by atoms with Crippen molar-refractivity contribution in [2.45, 2.75) is 37.0 Å². The van der Waals surface area contributed by atoms with Gasteiger partial charge in [0.05, 0.1) is 5.75 Å².